The molecule has 0 aliphatic rings. The first-order valence-corrected chi connectivity index (χ1v) is 8.01. The lowest BCUT2D eigenvalue weighted by atomic mass is 10.3. The van der Waals surface area contributed by atoms with Crippen LogP contribution in [0, 0.1) is 0 Å². The number of halogens is 1. The fourth-order valence-electron chi connectivity index (χ4n) is 2.09. The van der Waals surface area contributed by atoms with Gasteiger partial charge in [-0.2, -0.15) is 0 Å². The van der Waals surface area contributed by atoms with Gasteiger partial charge in [0.15, 0.2) is 5.16 Å². The van der Waals surface area contributed by atoms with Gasteiger partial charge in [-0.05, 0) is 30.3 Å². The zero-order valence-corrected chi connectivity index (χ0v) is 13.3. The van der Waals surface area contributed by atoms with Crippen LogP contribution in [0.15, 0.2) is 58.2 Å². The molecule has 0 fully saturated rings. The van der Waals surface area contributed by atoms with Crippen LogP contribution in [-0.2, 0) is 4.79 Å². The van der Waals surface area contributed by atoms with Crippen molar-refractivity contribution < 1.29 is 9.90 Å². The van der Waals surface area contributed by atoms with Crippen LogP contribution in [0.3, 0.4) is 0 Å². The molecular formula is C15H11BrN2O2S. The number of fused-ring (bicyclic) bond motifs is 1. The standard InChI is InChI=1S/C15H11BrN2O2S/c16-10-4-3-5-11(8-10)18-13-7-2-1-6-12(13)17-15(18)21-9-14(19)20/h1-8H,9H2,(H,19,20). The first kappa shape index (κ1) is 14.2. The van der Waals surface area contributed by atoms with Crippen molar-refractivity contribution in [1.82, 2.24) is 9.55 Å². The Kier molecular flexibility index (Phi) is 3.98. The Morgan fingerprint density at radius 1 is 1.24 bits per heavy atom. The van der Waals surface area contributed by atoms with Crippen molar-refractivity contribution in [2.75, 3.05) is 5.75 Å². The lowest BCUT2D eigenvalue weighted by Gasteiger charge is -2.08. The maximum atomic E-state index is 10.8. The lowest BCUT2D eigenvalue weighted by molar-refractivity contribution is -0.133. The molecular weight excluding hydrogens is 352 g/mol. The lowest BCUT2D eigenvalue weighted by Crippen LogP contribution is -2.01. The van der Waals surface area contributed by atoms with Crippen LogP contribution in [0.5, 0.6) is 0 Å². The van der Waals surface area contributed by atoms with Crippen molar-refractivity contribution in [3.8, 4) is 5.69 Å². The van der Waals surface area contributed by atoms with Gasteiger partial charge in [0.1, 0.15) is 0 Å². The van der Waals surface area contributed by atoms with Gasteiger partial charge in [-0.1, -0.05) is 45.9 Å². The van der Waals surface area contributed by atoms with Crippen LogP contribution in [0.2, 0.25) is 0 Å². The third-order valence-corrected chi connectivity index (χ3v) is 4.34. The summed E-state index contributed by atoms with van der Waals surface area (Å²) in [4.78, 5) is 15.4. The highest BCUT2D eigenvalue weighted by Gasteiger charge is 2.14. The summed E-state index contributed by atoms with van der Waals surface area (Å²) in [5.74, 6) is -0.870. The summed E-state index contributed by atoms with van der Waals surface area (Å²) in [6.45, 7) is 0. The maximum absolute atomic E-state index is 10.8. The molecule has 0 radical (unpaired) electrons. The highest BCUT2D eigenvalue weighted by atomic mass is 79.9. The molecule has 1 aromatic heterocycles. The van der Waals surface area contributed by atoms with Crippen LogP contribution in [0.4, 0.5) is 0 Å². The quantitative estimate of drug-likeness (QED) is 0.713. The minimum atomic E-state index is -0.854. The van der Waals surface area contributed by atoms with Gasteiger partial charge in [0, 0.05) is 10.2 Å². The fraction of sp³-hybridized carbons (Fsp3) is 0.0667. The molecule has 0 saturated heterocycles. The molecule has 3 aromatic rings. The number of benzene rings is 2. The van der Waals surface area contributed by atoms with Crippen molar-refractivity contribution >= 4 is 44.7 Å². The zero-order chi connectivity index (χ0) is 14.8. The number of carboxylic acids is 1. The number of para-hydroxylation sites is 2. The number of aromatic nitrogens is 2. The monoisotopic (exact) mass is 362 g/mol. The number of carbonyl (C=O) groups is 1. The molecule has 0 amide bonds. The number of carboxylic acid groups (broad SMARTS) is 1. The van der Waals surface area contributed by atoms with Crippen LogP contribution in [-0.4, -0.2) is 26.4 Å². The number of imidazole rings is 1. The van der Waals surface area contributed by atoms with Crippen LogP contribution in [0.25, 0.3) is 16.7 Å². The third kappa shape index (κ3) is 2.96. The summed E-state index contributed by atoms with van der Waals surface area (Å²) in [5, 5.41) is 9.57. The highest BCUT2D eigenvalue weighted by Crippen LogP contribution is 2.28. The molecule has 1 heterocycles. The predicted molar refractivity (Wildman–Crippen MR) is 87.1 cm³/mol. The van der Waals surface area contributed by atoms with Crippen LogP contribution < -0.4 is 0 Å². The largest absolute Gasteiger partial charge is 0.481 e. The molecule has 6 heteroatoms. The first-order valence-electron chi connectivity index (χ1n) is 6.23. The van der Waals surface area contributed by atoms with E-state index in [4.69, 9.17) is 5.11 Å². The van der Waals surface area contributed by atoms with Crippen molar-refractivity contribution in [3.05, 3.63) is 53.0 Å². The van der Waals surface area contributed by atoms with Gasteiger partial charge in [0.25, 0.3) is 0 Å². The molecule has 2 aromatic carbocycles. The van der Waals surface area contributed by atoms with E-state index in [0.29, 0.717) is 5.16 Å². The Balaban J connectivity index is 2.17. The second kappa shape index (κ2) is 5.91. The number of aliphatic carboxylic acids is 1. The SMILES string of the molecule is O=C(O)CSc1nc2ccccc2n1-c1cccc(Br)c1. The summed E-state index contributed by atoms with van der Waals surface area (Å²) >= 11 is 4.68. The maximum Gasteiger partial charge on any atom is 0.313 e. The molecule has 106 valence electrons. The minimum absolute atomic E-state index is 0.0165. The first-order chi connectivity index (χ1) is 10.1. The summed E-state index contributed by atoms with van der Waals surface area (Å²) in [6, 6.07) is 15.6. The van der Waals surface area contributed by atoms with Crippen molar-refractivity contribution in [1.29, 1.82) is 0 Å². The number of hydrogen-bond donors (Lipinski definition) is 1. The summed E-state index contributed by atoms with van der Waals surface area (Å²) in [6.07, 6.45) is 0. The predicted octanol–water partition coefficient (Wildman–Crippen LogP) is 3.96. The Bertz CT molecular complexity index is 816. The summed E-state index contributed by atoms with van der Waals surface area (Å²) in [5.41, 5.74) is 2.76. The van der Waals surface area contributed by atoms with Gasteiger partial charge in [-0.25, -0.2) is 4.98 Å². The molecule has 21 heavy (non-hydrogen) atoms. The van der Waals surface area contributed by atoms with E-state index in [1.165, 1.54) is 11.8 Å². The molecule has 0 unspecified atom stereocenters. The Morgan fingerprint density at radius 3 is 2.81 bits per heavy atom. The van der Waals surface area contributed by atoms with Crippen molar-refractivity contribution in [3.63, 3.8) is 0 Å². The average Bonchev–Trinajstić information content (AvgIpc) is 2.83. The van der Waals surface area contributed by atoms with Gasteiger partial charge < -0.3 is 5.11 Å². The second-order valence-corrected chi connectivity index (χ2v) is 6.24. The minimum Gasteiger partial charge on any atom is -0.481 e. The van der Waals surface area contributed by atoms with E-state index in [1.54, 1.807) is 0 Å². The molecule has 0 aliphatic carbocycles. The topological polar surface area (TPSA) is 55.1 Å². The molecule has 1 N–H and O–H groups in total. The number of nitrogens with zero attached hydrogens (tertiary/aromatic N) is 2. The van der Waals surface area contributed by atoms with E-state index in [-0.39, 0.29) is 5.75 Å². The smallest absolute Gasteiger partial charge is 0.313 e. The van der Waals surface area contributed by atoms with E-state index in [2.05, 4.69) is 20.9 Å². The molecule has 0 saturated carbocycles. The fourth-order valence-corrected chi connectivity index (χ4v) is 3.23. The van der Waals surface area contributed by atoms with Gasteiger partial charge in [-0.3, -0.25) is 9.36 Å². The highest BCUT2D eigenvalue weighted by molar-refractivity contribution is 9.10. The van der Waals surface area contributed by atoms with Gasteiger partial charge in [-0.15, -0.1) is 0 Å². The van der Waals surface area contributed by atoms with Crippen molar-refractivity contribution in [2.45, 2.75) is 5.16 Å². The van der Waals surface area contributed by atoms with Gasteiger partial charge in [0.2, 0.25) is 0 Å². The normalized spacial score (nSPS) is 10.9. The molecule has 4 nitrogen and oxygen atoms in total. The Labute approximate surface area is 133 Å². The molecule has 0 atom stereocenters. The Morgan fingerprint density at radius 2 is 2.05 bits per heavy atom. The van der Waals surface area contributed by atoms with E-state index >= 15 is 0 Å². The van der Waals surface area contributed by atoms with Crippen molar-refractivity contribution in [2.24, 2.45) is 0 Å². The number of thioether (sulfide) groups is 1. The Hall–Kier alpha value is -1.79. The summed E-state index contributed by atoms with van der Waals surface area (Å²) < 4.78 is 2.94. The van der Waals surface area contributed by atoms with Gasteiger partial charge in [0.05, 0.1) is 16.8 Å². The van der Waals surface area contributed by atoms with E-state index in [1.807, 2.05) is 53.1 Å². The number of rotatable bonds is 4. The van der Waals surface area contributed by atoms with E-state index < -0.39 is 5.97 Å². The van der Waals surface area contributed by atoms with Gasteiger partial charge >= 0.3 is 5.97 Å². The van der Waals surface area contributed by atoms with E-state index in [0.717, 1.165) is 21.2 Å². The molecule has 0 spiro atoms. The van der Waals surface area contributed by atoms with Crippen LogP contribution >= 0.6 is 27.7 Å². The second-order valence-electron chi connectivity index (χ2n) is 4.38. The number of hydrogen-bond acceptors (Lipinski definition) is 3. The zero-order valence-electron chi connectivity index (χ0n) is 10.9. The average molecular weight is 363 g/mol. The van der Waals surface area contributed by atoms with Crippen LogP contribution in [0.1, 0.15) is 0 Å². The molecule has 3 rings (SSSR count). The summed E-state index contributed by atoms with van der Waals surface area (Å²) in [7, 11) is 0. The molecule has 0 aliphatic heterocycles. The van der Waals surface area contributed by atoms with E-state index in [9.17, 15) is 4.79 Å². The third-order valence-electron chi connectivity index (χ3n) is 2.92. The molecule has 0 bridgehead atoms.